The van der Waals surface area contributed by atoms with Gasteiger partial charge in [0.05, 0.1) is 12.9 Å². The van der Waals surface area contributed by atoms with Crippen LogP contribution in [0, 0.1) is 0 Å². The van der Waals surface area contributed by atoms with Crippen LogP contribution in [0.3, 0.4) is 0 Å². The van der Waals surface area contributed by atoms with Crippen LogP contribution >= 0.6 is 0 Å². The van der Waals surface area contributed by atoms with Gasteiger partial charge in [-0.3, -0.25) is 0 Å². The Morgan fingerprint density at radius 3 is 2.59 bits per heavy atom. The third-order valence-corrected chi connectivity index (χ3v) is 2.43. The average molecular weight is 242 g/mol. The minimum Gasteiger partial charge on any atom is -0.475 e. The lowest BCUT2D eigenvalue weighted by Gasteiger charge is -2.03. The van der Waals surface area contributed by atoms with Crippen molar-refractivity contribution in [1.82, 2.24) is 0 Å². The van der Waals surface area contributed by atoms with E-state index in [0.717, 1.165) is 38.6 Å². The third-order valence-electron chi connectivity index (χ3n) is 2.43. The molecule has 0 saturated heterocycles. The zero-order valence-electron chi connectivity index (χ0n) is 11.0. The summed E-state index contributed by atoms with van der Waals surface area (Å²) in [7, 11) is 0. The Kier molecular flexibility index (Phi) is 14.4. The molecule has 0 aliphatic heterocycles. The number of rotatable bonds is 13. The minimum atomic E-state index is 0.344. The zero-order valence-corrected chi connectivity index (χ0v) is 11.0. The molecule has 3 nitrogen and oxygen atoms in total. The van der Waals surface area contributed by atoms with Gasteiger partial charge in [0.15, 0.2) is 6.79 Å². The van der Waals surface area contributed by atoms with Gasteiger partial charge in [-0.05, 0) is 31.8 Å². The number of aldehydes is 1. The number of unbranched alkanes of at least 4 members (excludes halogenated alkanes) is 6. The fourth-order valence-electron chi connectivity index (χ4n) is 1.40. The fraction of sp³-hybridized carbons (Fsp3) is 0.786. The van der Waals surface area contributed by atoms with Gasteiger partial charge in [-0.1, -0.05) is 26.2 Å². The standard InChI is InChI=1S/C14H26O3/c1-2-3-4-9-12-16-14-17-13-10-7-5-6-8-11-15/h10-11,13H,2-9,12,14H2,1H3. The molecule has 100 valence electrons. The van der Waals surface area contributed by atoms with Crippen molar-refractivity contribution in [3.63, 3.8) is 0 Å². The number of carbonyl (C=O) groups excluding carboxylic acids is 1. The van der Waals surface area contributed by atoms with Crippen molar-refractivity contribution in [3.05, 3.63) is 12.3 Å². The van der Waals surface area contributed by atoms with Gasteiger partial charge in [-0.25, -0.2) is 0 Å². The van der Waals surface area contributed by atoms with Crippen LogP contribution in [0.4, 0.5) is 0 Å². The van der Waals surface area contributed by atoms with Crippen molar-refractivity contribution >= 4 is 6.29 Å². The van der Waals surface area contributed by atoms with Crippen molar-refractivity contribution < 1.29 is 14.3 Å². The molecule has 0 fully saturated rings. The first kappa shape index (κ1) is 16.2. The summed E-state index contributed by atoms with van der Waals surface area (Å²) in [6.07, 6.45) is 13.1. The molecule has 0 aromatic heterocycles. The normalized spacial score (nSPS) is 10.9. The molecule has 0 unspecified atom stereocenters. The van der Waals surface area contributed by atoms with Gasteiger partial charge in [0, 0.05) is 6.42 Å². The lowest BCUT2D eigenvalue weighted by molar-refractivity contribution is -0.107. The molecule has 0 aliphatic carbocycles. The smallest absolute Gasteiger partial charge is 0.188 e. The molecule has 3 heteroatoms. The fourth-order valence-corrected chi connectivity index (χ4v) is 1.40. The van der Waals surface area contributed by atoms with Gasteiger partial charge in [0.2, 0.25) is 0 Å². The van der Waals surface area contributed by atoms with E-state index < -0.39 is 0 Å². The van der Waals surface area contributed by atoms with Crippen molar-refractivity contribution in [1.29, 1.82) is 0 Å². The molecular formula is C14H26O3. The molecule has 0 N–H and O–H groups in total. The second kappa shape index (κ2) is 15.2. The number of carbonyl (C=O) groups is 1. The lowest BCUT2D eigenvalue weighted by atomic mass is 10.2. The third kappa shape index (κ3) is 15.2. The van der Waals surface area contributed by atoms with Crippen molar-refractivity contribution in [2.45, 2.75) is 58.3 Å². The second-order valence-electron chi connectivity index (χ2n) is 4.08. The highest BCUT2D eigenvalue weighted by atomic mass is 16.7. The molecule has 0 spiro atoms. The van der Waals surface area contributed by atoms with E-state index >= 15 is 0 Å². The Morgan fingerprint density at radius 2 is 1.82 bits per heavy atom. The predicted molar refractivity (Wildman–Crippen MR) is 69.7 cm³/mol. The van der Waals surface area contributed by atoms with Crippen LogP contribution in [0.2, 0.25) is 0 Å². The van der Waals surface area contributed by atoms with E-state index in [0.29, 0.717) is 13.2 Å². The van der Waals surface area contributed by atoms with E-state index in [1.165, 1.54) is 19.3 Å². The molecule has 0 aliphatic rings. The van der Waals surface area contributed by atoms with E-state index in [1.54, 1.807) is 6.26 Å². The maximum atomic E-state index is 10.0. The van der Waals surface area contributed by atoms with Gasteiger partial charge in [-0.15, -0.1) is 0 Å². The van der Waals surface area contributed by atoms with Crippen LogP contribution in [0.5, 0.6) is 0 Å². The first-order valence-electron chi connectivity index (χ1n) is 6.69. The first-order valence-corrected chi connectivity index (χ1v) is 6.69. The van der Waals surface area contributed by atoms with E-state index in [2.05, 4.69) is 6.92 Å². The molecule has 0 atom stereocenters. The minimum absolute atomic E-state index is 0.344. The van der Waals surface area contributed by atoms with Crippen molar-refractivity contribution in [2.75, 3.05) is 13.4 Å². The first-order chi connectivity index (χ1) is 8.41. The second-order valence-corrected chi connectivity index (χ2v) is 4.08. The Bertz CT molecular complexity index is 178. The zero-order chi connectivity index (χ0) is 12.6. The highest BCUT2D eigenvalue weighted by molar-refractivity contribution is 5.48. The Labute approximate surface area is 105 Å². The topological polar surface area (TPSA) is 35.5 Å². The Balaban J connectivity index is 3.01. The quantitative estimate of drug-likeness (QED) is 0.213. The molecule has 0 heterocycles. The maximum Gasteiger partial charge on any atom is 0.188 e. The van der Waals surface area contributed by atoms with Crippen LogP contribution < -0.4 is 0 Å². The van der Waals surface area contributed by atoms with Gasteiger partial charge in [0.1, 0.15) is 6.29 Å². The molecule has 0 rings (SSSR count). The van der Waals surface area contributed by atoms with Gasteiger partial charge >= 0.3 is 0 Å². The molecule has 0 aromatic carbocycles. The summed E-state index contributed by atoms with van der Waals surface area (Å²) in [5.41, 5.74) is 0. The van der Waals surface area contributed by atoms with E-state index in [9.17, 15) is 4.79 Å². The highest BCUT2D eigenvalue weighted by Gasteiger charge is 1.88. The number of hydrogen-bond acceptors (Lipinski definition) is 3. The molecule has 0 amide bonds. The van der Waals surface area contributed by atoms with Crippen molar-refractivity contribution in [2.24, 2.45) is 0 Å². The summed E-state index contributed by atoms with van der Waals surface area (Å²) >= 11 is 0. The molecule has 0 aromatic rings. The molecule has 0 radical (unpaired) electrons. The number of hydrogen-bond donors (Lipinski definition) is 0. The Hall–Kier alpha value is -0.830. The summed E-state index contributed by atoms with van der Waals surface area (Å²) in [5.74, 6) is 0. The summed E-state index contributed by atoms with van der Waals surface area (Å²) in [6, 6.07) is 0. The Morgan fingerprint density at radius 1 is 1.00 bits per heavy atom. The monoisotopic (exact) mass is 242 g/mol. The van der Waals surface area contributed by atoms with Crippen LogP contribution in [-0.2, 0) is 14.3 Å². The van der Waals surface area contributed by atoms with Gasteiger partial charge in [-0.2, -0.15) is 0 Å². The average Bonchev–Trinajstić information content (AvgIpc) is 2.35. The van der Waals surface area contributed by atoms with Crippen molar-refractivity contribution in [3.8, 4) is 0 Å². The van der Waals surface area contributed by atoms with E-state index in [4.69, 9.17) is 9.47 Å². The van der Waals surface area contributed by atoms with E-state index in [1.807, 2.05) is 6.08 Å². The molecule has 0 saturated carbocycles. The van der Waals surface area contributed by atoms with Gasteiger partial charge in [0.25, 0.3) is 0 Å². The largest absolute Gasteiger partial charge is 0.475 e. The predicted octanol–water partition coefficient (Wildman–Crippen LogP) is 3.83. The number of ether oxygens (including phenoxy) is 2. The van der Waals surface area contributed by atoms with E-state index in [-0.39, 0.29) is 0 Å². The van der Waals surface area contributed by atoms with Crippen LogP contribution in [-0.4, -0.2) is 19.7 Å². The molecule has 17 heavy (non-hydrogen) atoms. The van der Waals surface area contributed by atoms with Gasteiger partial charge < -0.3 is 14.3 Å². The maximum absolute atomic E-state index is 10.0. The summed E-state index contributed by atoms with van der Waals surface area (Å²) < 4.78 is 10.5. The summed E-state index contributed by atoms with van der Waals surface area (Å²) in [4.78, 5) is 10.0. The van der Waals surface area contributed by atoms with Crippen LogP contribution in [0.1, 0.15) is 58.3 Å². The van der Waals surface area contributed by atoms with Crippen LogP contribution in [0.15, 0.2) is 12.3 Å². The summed E-state index contributed by atoms with van der Waals surface area (Å²) in [6.45, 7) is 3.33. The highest BCUT2D eigenvalue weighted by Crippen LogP contribution is 2.00. The summed E-state index contributed by atoms with van der Waals surface area (Å²) in [5, 5.41) is 0. The lowest BCUT2D eigenvalue weighted by Crippen LogP contribution is -1.97. The number of allylic oxidation sites excluding steroid dienone is 1. The molecule has 0 bridgehead atoms. The molecular weight excluding hydrogens is 216 g/mol. The van der Waals surface area contributed by atoms with Crippen LogP contribution in [0.25, 0.3) is 0 Å². The SMILES string of the molecule is CCCCCCOCOC=CCCCCC=O.